The highest BCUT2D eigenvalue weighted by atomic mass is 33.1. The molecule has 0 bridgehead atoms. The summed E-state index contributed by atoms with van der Waals surface area (Å²) in [6, 6.07) is 0. The maximum Gasteiger partial charge on any atom is 0.129 e. The van der Waals surface area contributed by atoms with Gasteiger partial charge >= 0.3 is 0 Å². The number of hydrogen-bond donors (Lipinski definition) is 0. The third-order valence-electron chi connectivity index (χ3n) is 2.03. The minimum absolute atomic E-state index is 0.337. The average Bonchev–Trinajstić information content (AvgIpc) is 2.49. The van der Waals surface area contributed by atoms with Gasteiger partial charge in [0.05, 0.1) is 0 Å². The van der Waals surface area contributed by atoms with Crippen molar-refractivity contribution in [2.75, 3.05) is 5.75 Å². The standard InChI is InChI=1S/C9H16OS2/c1-8(10)4-2-3-5-9-6-7-11-12-9/h9H,2-7H2,1H3/t9-/m1/s1. The molecular weight excluding hydrogens is 188 g/mol. The van der Waals surface area contributed by atoms with Crippen molar-refractivity contribution in [2.24, 2.45) is 0 Å². The second-order valence-electron chi connectivity index (χ2n) is 3.28. The highest BCUT2D eigenvalue weighted by Crippen LogP contribution is 2.39. The number of Topliss-reactive ketones (excluding diaryl/α,β-unsaturated/α-hetero) is 1. The quantitative estimate of drug-likeness (QED) is 0.505. The van der Waals surface area contributed by atoms with Gasteiger partial charge in [0.2, 0.25) is 0 Å². The molecule has 1 rings (SSSR count). The molecule has 0 aromatic heterocycles. The Morgan fingerprint density at radius 1 is 1.50 bits per heavy atom. The number of hydrogen-bond acceptors (Lipinski definition) is 3. The summed E-state index contributed by atoms with van der Waals surface area (Å²) in [4.78, 5) is 10.6. The fourth-order valence-corrected chi connectivity index (χ4v) is 4.34. The van der Waals surface area contributed by atoms with E-state index in [0.717, 1.165) is 18.1 Å². The van der Waals surface area contributed by atoms with E-state index in [1.807, 2.05) is 21.6 Å². The number of ketones is 1. The molecule has 70 valence electrons. The molecule has 1 heterocycles. The van der Waals surface area contributed by atoms with Gasteiger partial charge < -0.3 is 4.79 Å². The van der Waals surface area contributed by atoms with Gasteiger partial charge in [0.15, 0.2) is 0 Å². The van der Waals surface area contributed by atoms with Crippen LogP contribution in [-0.4, -0.2) is 16.8 Å². The van der Waals surface area contributed by atoms with Crippen LogP contribution in [-0.2, 0) is 4.79 Å². The first-order valence-electron chi connectivity index (χ1n) is 4.57. The van der Waals surface area contributed by atoms with Crippen molar-refractivity contribution in [3.63, 3.8) is 0 Å². The van der Waals surface area contributed by atoms with E-state index in [1.165, 1.54) is 25.0 Å². The predicted molar refractivity (Wildman–Crippen MR) is 57.6 cm³/mol. The molecule has 0 aromatic rings. The molecule has 1 nitrogen and oxygen atoms in total. The highest BCUT2D eigenvalue weighted by Gasteiger charge is 2.15. The molecule has 0 aromatic carbocycles. The fraction of sp³-hybridized carbons (Fsp3) is 0.889. The summed E-state index contributed by atoms with van der Waals surface area (Å²) in [6.07, 6.45) is 5.79. The highest BCUT2D eigenvalue weighted by molar-refractivity contribution is 8.77. The second-order valence-corrected chi connectivity index (χ2v) is 6.06. The van der Waals surface area contributed by atoms with Crippen LogP contribution in [0.3, 0.4) is 0 Å². The number of carbonyl (C=O) groups is 1. The van der Waals surface area contributed by atoms with Crippen molar-refractivity contribution in [2.45, 2.75) is 44.3 Å². The first-order valence-corrected chi connectivity index (χ1v) is 6.95. The SMILES string of the molecule is CC(=O)CCCC[C@@H]1CCSS1. The molecule has 12 heavy (non-hydrogen) atoms. The van der Waals surface area contributed by atoms with Gasteiger partial charge in [0, 0.05) is 17.4 Å². The van der Waals surface area contributed by atoms with Crippen LogP contribution in [0, 0.1) is 0 Å². The van der Waals surface area contributed by atoms with Gasteiger partial charge in [-0.1, -0.05) is 28.0 Å². The van der Waals surface area contributed by atoms with Crippen LogP contribution in [0.25, 0.3) is 0 Å². The van der Waals surface area contributed by atoms with Crippen molar-refractivity contribution < 1.29 is 4.79 Å². The van der Waals surface area contributed by atoms with E-state index < -0.39 is 0 Å². The van der Waals surface area contributed by atoms with Crippen LogP contribution in [0.5, 0.6) is 0 Å². The van der Waals surface area contributed by atoms with Gasteiger partial charge in [0.25, 0.3) is 0 Å². The summed E-state index contributed by atoms with van der Waals surface area (Å²) in [5, 5.41) is 0.877. The summed E-state index contributed by atoms with van der Waals surface area (Å²) < 4.78 is 0. The molecule has 0 radical (unpaired) electrons. The normalized spacial score (nSPS) is 22.9. The molecule has 0 saturated carbocycles. The summed E-state index contributed by atoms with van der Waals surface area (Å²) in [6.45, 7) is 1.68. The van der Waals surface area contributed by atoms with Gasteiger partial charge in [0.1, 0.15) is 5.78 Å². The molecule has 1 fully saturated rings. The van der Waals surface area contributed by atoms with Crippen molar-refractivity contribution in [1.82, 2.24) is 0 Å². The number of carbonyl (C=O) groups excluding carboxylic acids is 1. The van der Waals surface area contributed by atoms with E-state index in [0.29, 0.717) is 5.78 Å². The first kappa shape index (κ1) is 10.5. The van der Waals surface area contributed by atoms with Crippen LogP contribution >= 0.6 is 21.6 Å². The number of unbranched alkanes of at least 4 members (excludes halogenated alkanes) is 1. The van der Waals surface area contributed by atoms with Crippen molar-refractivity contribution >= 4 is 27.4 Å². The molecule has 0 amide bonds. The molecule has 1 aliphatic rings. The van der Waals surface area contributed by atoms with Gasteiger partial charge in [-0.15, -0.1) is 0 Å². The van der Waals surface area contributed by atoms with Crippen molar-refractivity contribution in [3.8, 4) is 0 Å². The van der Waals surface area contributed by atoms with E-state index in [1.54, 1.807) is 6.92 Å². The third kappa shape index (κ3) is 4.41. The van der Waals surface area contributed by atoms with Gasteiger partial charge in [-0.05, 0) is 26.2 Å². The molecular formula is C9H16OS2. The van der Waals surface area contributed by atoms with E-state index >= 15 is 0 Å². The molecule has 1 aliphatic heterocycles. The Balaban J connectivity index is 1.91. The summed E-state index contributed by atoms with van der Waals surface area (Å²) in [5.74, 6) is 1.66. The summed E-state index contributed by atoms with van der Waals surface area (Å²) in [7, 11) is 4.03. The maximum absolute atomic E-state index is 10.6. The van der Waals surface area contributed by atoms with Crippen LogP contribution in [0.1, 0.15) is 39.0 Å². The second kappa shape index (κ2) is 5.92. The third-order valence-corrected chi connectivity index (χ3v) is 5.04. The van der Waals surface area contributed by atoms with Crippen molar-refractivity contribution in [1.29, 1.82) is 0 Å². The topological polar surface area (TPSA) is 17.1 Å². The Bertz CT molecular complexity index is 141. The zero-order chi connectivity index (χ0) is 8.81. The van der Waals surface area contributed by atoms with Crippen LogP contribution < -0.4 is 0 Å². The monoisotopic (exact) mass is 204 g/mol. The predicted octanol–water partition coefficient (Wildman–Crippen LogP) is 3.29. The Morgan fingerprint density at radius 3 is 2.92 bits per heavy atom. The Labute approximate surface area is 82.5 Å². The lowest BCUT2D eigenvalue weighted by Crippen LogP contribution is -1.98. The van der Waals surface area contributed by atoms with Crippen LogP contribution in [0.4, 0.5) is 0 Å². The van der Waals surface area contributed by atoms with E-state index in [2.05, 4.69) is 0 Å². The first-order chi connectivity index (χ1) is 5.79. The molecule has 3 heteroatoms. The van der Waals surface area contributed by atoms with Crippen LogP contribution in [0.15, 0.2) is 0 Å². The molecule has 1 saturated heterocycles. The molecule has 0 aliphatic carbocycles. The summed E-state index contributed by atoms with van der Waals surface area (Å²) in [5.41, 5.74) is 0. The number of rotatable bonds is 5. The van der Waals surface area contributed by atoms with E-state index in [9.17, 15) is 4.79 Å². The lowest BCUT2D eigenvalue weighted by atomic mass is 10.1. The summed E-state index contributed by atoms with van der Waals surface area (Å²) >= 11 is 0. The minimum atomic E-state index is 0.337. The molecule has 1 atom stereocenters. The van der Waals surface area contributed by atoms with Gasteiger partial charge in [-0.3, -0.25) is 0 Å². The lowest BCUT2D eigenvalue weighted by molar-refractivity contribution is -0.117. The van der Waals surface area contributed by atoms with E-state index in [-0.39, 0.29) is 0 Å². The van der Waals surface area contributed by atoms with Gasteiger partial charge in [-0.2, -0.15) is 0 Å². The molecule has 0 spiro atoms. The Hall–Kier alpha value is 0.370. The lowest BCUT2D eigenvalue weighted by Gasteiger charge is -2.05. The smallest absolute Gasteiger partial charge is 0.129 e. The molecule has 0 unspecified atom stereocenters. The average molecular weight is 204 g/mol. The zero-order valence-electron chi connectivity index (χ0n) is 7.54. The fourth-order valence-electron chi connectivity index (χ4n) is 1.31. The van der Waals surface area contributed by atoms with Crippen LogP contribution in [0.2, 0.25) is 0 Å². The molecule has 0 N–H and O–H groups in total. The van der Waals surface area contributed by atoms with Gasteiger partial charge in [-0.25, -0.2) is 0 Å². The Morgan fingerprint density at radius 2 is 2.33 bits per heavy atom. The Kier molecular flexibility index (Phi) is 5.16. The van der Waals surface area contributed by atoms with Crippen molar-refractivity contribution in [3.05, 3.63) is 0 Å². The maximum atomic E-state index is 10.6. The largest absolute Gasteiger partial charge is 0.300 e. The zero-order valence-corrected chi connectivity index (χ0v) is 9.18. The van der Waals surface area contributed by atoms with E-state index in [4.69, 9.17) is 0 Å². The minimum Gasteiger partial charge on any atom is -0.300 e.